The molecular weight excluding hydrogens is 290 g/mol. The Bertz CT molecular complexity index is 395. The first-order valence-corrected chi connectivity index (χ1v) is 8.42. The third-order valence-electron chi connectivity index (χ3n) is 3.44. The first-order chi connectivity index (χ1) is 9.99. The standard InChI is InChI=1S/C15H25NO4S/c1-5-20-15(18)12-9-11(10(2)3)14(16-12)21-8-6-7-13(17)19-4/h10-12H,5-9H2,1-4H3/t11-,12-/m0/s1. The van der Waals surface area contributed by atoms with E-state index in [1.165, 1.54) is 7.11 Å². The van der Waals surface area contributed by atoms with Gasteiger partial charge in [0.25, 0.3) is 0 Å². The van der Waals surface area contributed by atoms with Gasteiger partial charge in [0.15, 0.2) is 0 Å². The van der Waals surface area contributed by atoms with Gasteiger partial charge >= 0.3 is 11.9 Å². The van der Waals surface area contributed by atoms with Gasteiger partial charge in [-0.2, -0.15) is 0 Å². The van der Waals surface area contributed by atoms with Crippen LogP contribution in [0.5, 0.6) is 0 Å². The van der Waals surface area contributed by atoms with Crippen LogP contribution >= 0.6 is 11.8 Å². The van der Waals surface area contributed by atoms with Gasteiger partial charge in [0, 0.05) is 12.3 Å². The van der Waals surface area contributed by atoms with Crippen molar-refractivity contribution in [2.45, 2.75) is 46.1 Å². The molecule has 1 heterocycles. The number of rotatable bonds is 7. The molecule has 0 aliphatic carbocycles. The van der Waals surface area contributed by atoms with E-state index in [-0.39, 0.29) is 18.0 Å². The number of hydrogen-bond donors (Lipinski definition) is 0. The normalized spacial score (nSPS) is 21.3. The first kappa shape index (κ1) is 18.0. The molecule has 6 heteroatoms. The highest BCUT2D eigenvalue weighted by Gasteiger charge is 2.35. The summed E-state index contributed by atoms with van der Waals surface area (Å²) in [6.07, 6.45) is 1.91. The minimum atomic E-state index is -0.361. The molecule has 1 aliphatic heterocycles. The average molecular weight is 315 g/mol. The second-order valence-corrected chi connectivity index (χ2v) is 6.46. The summed E-state index contributed by atoms with van der Waals surface area (Å²) in [6, 6.07) is -0.361. The molecule has 0 aromatic carbocycles. The molecule has 0 bridgehead atoms. The van der Waals surface area contributed by atoms with Crippen LogP contribution in [0.2, 0.25) is 0 Å². The van der Waals surface area contributed by atoms with Gasteiger partial charge in [0.05, 0.1) is 18.8 Å². The summed E-state index contributed by atoms with van der Waals surface area (Å²) < 4.78 is 9.67. The van der Waals surface area contributed by atoms with Gasteiger partial charge in [-0.1, -0.05) is 13.8 Å². The van der Waals surface area contributed by atoms with Crippen molar-refractivity contribution in [3.63, 3.8) is 0 Å². The summed E-state index contributed by atoms with van der Waals surface area (Å²) in [5.41, 5.74) is 0. The van der Waals surface area contributed by atoms with Gasteiger partial charge in [-0.3, -0.25) is 9.79 Å². The van der Waals surface area contributed by atoms with Crippen molar-refractivity contribution < 1.29 is 19.1 Å². The smallest absolute Gasteiger partial charge is 0.330 e. The van der Waals surface area contributed by atoms with Gasteiger partial charge < -0.3 is 9.47 Å². The minimum Gasteiger partial charge on any atom is -0.469 e. The van der Waals surface area contributed by atoms with Crippen LogP contribution in [0.1, 0.15) is 40.0 Å². The van der Waals surface area contributed by atoms with Crippen LogP contribution in [0, 0.1) is 11.8 Å². The first-order valence-electron chi connectivity index (χ1n) is 7.43. The maximum atomic E-state index is 11.8. The predicted octanol–water partition coefficient (Wildman–Crippen LogP) is 2.68. The van der Waals surface area contributed by atoms with Crippen molar-refractivity contribution in [1.29, 1.82) is 0 Å². The van der Waals surface area contributed by atoms with Crippen LogP contribution in [0.4, 0.5) is 0 Å². The Morgan fingerprint density at radius 3 is 2.71 bits per heavy atom. The molecule has 21 heavy (non-hydrogen) atoms. The molecule has 0 fully saturated rings. The van der Waals surface area contributed by atoms with Crippen LogP contribution in [0.25, 0.3) is 0 Å². The van der Waals surface area contributed by atoms with Crippen LogP contribution in [0.3, 0.4) is 0 Å². The molecule has 2 atom stereocenters. The molecule has 1 rings (SSSR count). The Morgan fingerprint density at radius 1 is 1.43 bits per heavy atom. The molecule has 5 nitrogen and oxygen atoms in total. The number of hydrogen-bond acceptors (Lipinski definition) is 6. The number of aliphatic imine (C=N–C) groups is 1. The van der Waals surface area contributed by atoms with Crippen LogP contribution in [-0.4, -0.2) is 42.5 Å². The molecule has 0 saturated heterocycles. The quantitative estimate of drug-likeness (QED) is 0.534. The molecule has 0 radical (unpaired) electrons. The number of carbonyl (C=O) groups is 2. The van der Waals surface area contributed by atoms with Gasteiger partial charge in [0.2, 0.25) is 0 Å². The van der Waals surface area contributed by atoms with E-state index >= 15 is 0 Å². The highest BCUT2D eigenvalue weighted by molar-refractivity contribution is 8.14. The predicted molar refractivity (Wildman–Crippen MR) is 84.5 cm³/mol. The van der Waals surface area contributed by atoms with Crippen molar-refractivity contribution in [2.75, 3.05) is 19.5 Å². The van der Waals surface area contributed by atoms with Crippen molar-refractivity contribution in [2.24, 2.45) is 16.8 Å². The maximum absolute atomic E-state index is 11.8. The summed E-state index contributed by atoms with van der Waals surface area (Å²) >= 11 is 1.65. The zero-order chi connectivity index (χ0) is 15.8. The molecule has 0 N–H and O–H groups in total. The topological polar surface area (TPSA) is 65.0 Å². The van der Waals surface area contributed by atoms with E-state index in [2.05, 4.69) is 23.6 Å². The van der Waals surface area contributed by atoms with E-state index in [1.54, 1.807) is 18.7 Å². The number of carbonyl (C=O) groups excluding carboxylic acids is 2. The van der Waals surface area contributed by atoms with Gasteiger partial charge in [-0.25, -0.2) is 4.79 Å². The van der Waals surface area contributed by atoms with Crippen LogP contribution < -0.4 is 0 Å². The lowest BCUT2D eigenvalue weighted by atomic mass is 9.93. The Kier molecular flexibility index (Phi) is 7.78. The molecule has 0 amide bonds. The second kappa shape index (κ2) is 9.07. The molecule has 0 spiro atoms. The maximum Gasteiger partial charge on any atom is 0.330 e. The fraction of sp³-hybridized carbons (Fsp3) is 0.800. The fourth-order valence-electron chi connectivity index (χ4n) is 2.23. The monoisotopic (exact) mass is 315 g/mol. The van der Waals surface area contributed by atoms with E-state index < -0.39 is 0 Å². The Morgan fingerprint density at radius 2 is 2.14 bits per heavy atom. The number of nitrogens with zero attached hydrogens (tertiary/aromatic N) is 1. The lowest BCUT2D eigenvalue weighted by molar-refractivity contribution is -0.144. The number of methoxy groups -OCH3 is 1. The van der Waals surface area contributed by atoms with E-state index in [1.807, 2.05) is 0 Å². The Hall–Kier alpha value is -1.04. The number of ether oxygens (including phenoxy) is 2. The molecule has 0 aromatic rings. The lowest BCUT2D eigenvalue weighted by Gasteiger charge is -2.16. The fourth-order valence-corrected chi connectivity index (χ4v) is 3.51. The van der Waals surface area contributed by atoms with E-state index in [9.17, 15) is 9.59 Å². The van der Waals surface area contributed by atoms with Crippen molar-refractivity contribution >= 4 is 28.7 Å². The Balaban J connectivity index is 2.52. The third kappa shape index (κ3) is 5.69. The highest BCUT2D eigenvalue weighted by atomic mass is 32.2. The van der Waals surface area contributed by atoms with Gasteiger partial charge in [-0.15, -0.1) is 11.8 Å². The Labute approximate surface area is 130 Å². The number of thioether (sulfide) groups is 1. The molecular formula is C15H25NO4S. The van der Waals surface area contributed by atoms with Crippen molar-refractivity contribution in [1.82, 2.24) is 0 Å². The summed E-state index contributed by atoms with van der Waals surface area (Å²) in [5, 5.41) is 1.02. The van der Waals surface area contributed by atoms with E-state index in [0.29, 0.717) is 24.9 Å². The minimum absolute atomic E-state index is 0.186. The zero-order valence-electron chi connectivity index (χ0n) is 13.3. The third-order valence-corrected chi connectivity index (χ3v) is 4.64. The summed E-state index contributed by atoms with van der Waals surface area (Å²) in [7, 11) is 1.40. The zero-order valence-corrected chi connectivity index (χ0v) is 14.1. The molecule has 0 aromatic heterocycles. The van der Waals surface area contributed by atoms with Crippen molar-refractivity contribution in [3.05, 3.63) is 0 Å². The second-order valence-electron chi connectivity index (χ2n) is 5.35. The average Bonchev–Trinajstić information content (AvgIpc) is 2.88. The van der Waals surface area contributed by atoms with Crippen molar-refractivity contribution in [3.8, 4) is 0 Å². The van der Waals surface area contributed by atoms with Gasteiger partial charge in [-0.05, 0) is 31.4 Å². The summed E-state index contributed by atoms with van der Waals surface area (Å²) in [5.74, 6) is 1.15. The largest absolute Gasteiger partial charge is 0.469 e. The summed E-state index contributed by atoms with van der Waals surface area (Å²) in [4.78, 5) is 27.4. The molecule has 0 saturated carbocycles. The molecule has 120 valence electrons. The number of esters is 2. The molecule has 1 aliphatic rings. The van der Waals surface area contributed by atoms with E-state index in [0.717, 1.165) is 23.6 Å². The summed E-state index contributed by atoms with van der Waals surface area (Å²) in [6.45, 7) is 6.48. The highest BCUT2D eigenvalue weighted by Crippen LogP contribution is 2.33. The van der Waals surface area contributed by atoms with E-state index in [4.69, 9.17) is 4.74 Å². The SMILES string of the molecule is CCOC(=O)[C@@H]1C[C@@H](C(C)C)C(SCCCC(=O)OC)=N1. The van der Waals surface area contributed by atoms with Crippen LogP contribution in [-0.2, 0) is 19.1 Å². The molecule has 0 unspecified atom stereocenters. The lowest BCUT2D eigenvalue weighted by Crippen LogP contribution is -2.21. The van der Waals surface area contributed by atoms with Gasteiger partial charge in [0.1, 0.15) is 6.04 Å². The van der Waals surface area contributed by atoms with Crippen LogP contribution in [0.15, 0.2) is 4.99 Å².